The first kappa shape index (κ1) is 12.6. The zero-order valence-electron chi connectivity index (χ0n) is 8.15. The lowest BCUT2D eigenvalue weighted by atomic mass is 10.0. The molecule has 0 fully saturated rings. The predicted molar refractivity (Wildman–Crippen MR) is 59.7 cm³/mol. The number of aliphatic hydroxyl groups is 2. The Kier molecular flexibility index (Phi) is 4.67. The van der Waals surface area contributed by atoms with E-state index in [1.54, 1.807) is 18.2 Å². The highest BCUT2D eigenvalue weighted by Crippen LogP contribution is 2.30. The number of hydrogen-bond acceptors (Lipinski definition) is 3. The zero-order chi connectivity index (χ0) is 11.4. The molecule has 0 aliphatic rings. The second-order valence-electron chi connectivity index (χ2n) is 3.05. The van der Waals surface area contributed by atoms with Crippen molar-refractivity contribution in [1.29, 1.82) is 0 Å². The summed E-state index contributed by atoms with van der Waals surface area (Å²) in [6, 6.07) is 4.78. The molecule has 0 amide bonds. The molecule has 15 heavy (non-hydrogen) atoms. The number of halogens is 2. The molecule has 5 heteroatoms. The minimum Gasteiger partial charge on any atom is -0.496 e. The van der Waals surface area contributed by atoms with E-state index in [4.69, 9.17) is 27.9 Å². The fourth-order valence-electron chi connectivity index (χ4n) is 1.22. The molecule has 0 aromatic heterocycles. The van der Waals surface area contributed by atoms with Crippen LogP contribution in [0.15, 0.2) is 18.2 Å². The quantitative estimate of drug-likeness (QED) is 0.804. The summed E-state index contributed by atoms with van der Waals surface area (Å²) in [6.07, 6.45) is -2.10. The minimum absolute atomic E-state index is 0.0487. The normalized spacial score (nSPS) is 14.7. The van der Waals surface area contributed by atoms with Crippen LogP contribution >= 0.6 is 23.2 Å². The highest BCUT2D eigenvalue weighted by Gasteiger charge is 2.20. The lowest BCUT2D eigenvalue weighted by Gasteiger charge is -2.18. The Labute approximate surface area is 98.2 Å². The average molecular weight is 251 g/mol. The van der Waals surface area contributed by atoms with Crippen molar-refractivity contribution >= 4 is 23.2 Å². The number of benzene rings is 1. The van der Waals surface area contributed by atoms with E-state index in [2.05, 4.69) is 0 Å². The number of hydrogen-bond donors (Lipinski definition) is 2. The summed E-state index contributed by atoms with van der Waals surface area (Å²) in [5.41, 5.74) is 0.468. The van der Waals surface area contributed by atoms with Gasteiger partial charge in [0, 0.05) is 10.6 Å². The Hall–Kier alpha value is -0.480. The van der Waals surface area contributed by atoms with Gasteiger partial charge in [-0.05, 0) is 12.1 Å². The molecule has 0 bridgehead atoms. The SMILES string of the molecule is COc1cc(Cl)ccc1C(O)C(O)CCl. The van der Waals surface area contributed by atoms with Gasteiger partial charge in [-0.1, -0.05) is 17.7 Å². The first-order valence-electron chi connectivity index (χ1n) is 4.35. The fourth-order valence-corrected chi connectivity index (χ4v) is 1.55. The maximum Gasteiger partial charge on any atom is 0.126 e. The highest BCUT2D eigenvalue weighted by molar-refractivity contribution is 6.30. The van der Waals surface area contributed by atoms with Gasteiger partial charge in [0.15, 0.2) is 0 Å². The monoisotopic (exact) mass is 250 g/mol. The molecule has 0 heterocycles. The molecular weight excluding hydrogens is 239 g/mol. The Balaban J connectivity index is 3.02. The van der Waals surface area contributed by atoms with Gasteiger partial charge in [-0.25, -0.2) is 0 Å². The molecule has 0 spiro atoms. The van der Waals surface area contributed by atoms with Crippen LogP contribution in [0.1, 0.15) is 11.7 Å². The molecular formula is C10H12Cl2O3. The molecule has 84 valence electrons. The minimum atomic E-state index is -1.07. The third-order valence-electron chi connectivity index (χ3n) is 2.04. The Bertz CT molecular complexity index is 330. The molecule has 2 unspecified atom stereocenters. The molecule has 1 rings (SSSR count). The van der Waals surface area contributed by atoms with Crippen LogP contribution in [0.5, 0.6) is 5.75 Å². The predicted octanol–water partition coefficient (Wildman–Crippen LogP) is 1.98. The number of rotatable bonds is 4. The topological polar surface area (TPSA) is 49.7 Å². The van der Waals surface area contributed by atoms with Crippen LogP contribution in [-0.4, -0.2) is 29.3 Å². The second kappa shape index (κ2) is 5.56. The van der Waals surface area contributed by atoms with Crippen molar-refractivity contribution in [2.24, 2.45) is 0 Å². The molecule has 0 aliphatic carbocycles. The molecule has 0 saturated heterocycles. The van der Waals surface area contributed by atoms with Gasteiger partial charge in [0.2, 0.25) is 0 Å². The first-order valence-corrected chi connectivity index (χ1v) is 5.27. The Morgan fingerprint density at radius 3 is 2.60 bits per heavy atom. The zero-order valence-corrected chi connectivity index (χ0v) is 9.66. The fraction of sp³-hybridized carbons (Fsp3) is 0.400. The maximum atomic E-state index is 9.73. The molecule has 1 aromatic rings. The van der Waals surface area contributed by atoms with E-state index in [1.165, 1.54) is 7.11 Å². The van der Waals surface area contributed by atoms with Crippen molar-refractivity contribution in [3.8, 4) is 5.75 Å². The summed E-state index contributed by atoms with van der Waals surface area (Å²) in [6.45, 7) is 0. The summed E-state index contributed by atoms with van der Waals surface area (Å²) in [5, 5.41) is 19.6. The van der Waals surface area contributed by atoms with Gasteiger partial charge in [-0.3, -0.25) is 0 Å². The lowest BCUT2D eigenvalue weighted by molar-refractivity contribution is 0.0312. The lowest BCUT2D eigenvalue weighted by Crippen LogP contribution is -2.20. The van der Waals surface area contributed by atoms with Gasteiger partial charge < -0.3 is 14.9 Å². The first-order chi connectivity index (χ1) is 7.10. The third kappa shape index (κ3) is 2.98. The van der Waals surface area contributed by atoms with Crippen LogP contribution in [-0.2, 0) is 0 Å². The Morgan fingerprint density at radius 1 is 1.40 bits per heavy atom. The largest absolute Gasteiger partial charge is 0.496 e. The molecule has 2 N–H and O–H groups in total. The van der Waals surface area contributed by atoms with E-state index in [0.29, 0.717) is 16.3 Å². The van der Waals surface area contributed by atoms with E-state index in [9.17, 15) is 10.2 Å². The van der Waals surface area contributed by atoms with Gasteiger partial charge in [0.25, 0.3) is 0 Å². The number of alkyl halides is 1. The number of methoxy groups -OCH3 is 1. The van der Waals surface area contributed by atoms with Crippen LogP contribution in [0.3, 0.4) is 0 Å². The molecule has 3 nitrogen and oxygen atoms in total. The van der Waals surface area contributed by atoms with E-state index >= 15 is 0 Å². The van der Waals surface area contributed by atoms with Crippen molar-refractivity contribution in [3.63, 3.8) is 0 Å². The Morgan fingerprint density at radius 2 is 2.07 bits per heavy atom. The second-order valence-corrected chi connectivity index (χ2v) is 3.80. The van der Waals surface area contributed by atoms with Gasteiger partial charge in [-0.15, -0.1) is 11.6 Å². The van der Waals surface area contributed by atoms with Crippen LogP contribution in [0.25, 0.3) is 0 Å². The van der Waals surface area contributed by atoms with Gasteiger partial charge in [-0.2, -0.15) is 0 Å². The smallest absolute Gasteiger partial charge is 0.126 e. The molecule has 1 aromatic carbocycles. The highest BCUT2D eigenvalue weighted by atomic mass is 35.5. The van der Waals surface area contributed by atoms with Gasteiger partial charge in [0.05, 0.1) is 19.1 Å². The molecule has 0 aliphatic heterocycles. The summed E-state index contributed by atoms with van der Waals surface area (Å²) in [7, 11) is 1.47. The van der Waals surface area contributed by atoms with Crippen molar-refractivity contribution in [2.75, 3.05) is 13.0 Å². The van der Waals surface area contributed by atoms with Gasteiger partial charge >= 0.3 is 0 Å². The van der Waals surface area contributed by atoms with Gasteiger partial charge in [0.1, 0.15) is 11.9 Å². The van der Waals surface area contributed by atoms with E-state index in [-0.39, 0.29) is 5.88 Å². The van der Waals surface area contributed by atoms with Crippen LogP contribution in [0.2, 0.25) is 5.02 Å². The molecule has 0 radical (unpaired) electrons. The van der Waals surface area contributed by atoms with Crippen molar-refractivity contribution < 1.29 is 14.9 Å². The summed E-state index contributed by atoms with van der Waals surface area (Å²) in [5.74, 6) is 0.381. The van der Waals surface area contributed by atoms with Crippen molar-refractivity contribution in [1.82, 2.24) is 0 Å². The third-order valence-corrected chi connectivity index (χ3v) is 2.59. The van der Waals surface area contributed by atoms with Crippen molar-refractivity contribution in [3.05, 3.63) is 28.8 Å². The number of ether oxygens (including phenoxy) is 1. The summed E-state index contributed by atoms with van der Waals surface area (Å²) < 4.78 is 5.04. The van der Waals surface area contributed by atoms with Crippen LogP contribution in [0, 0.1) is 0 Å². The standard InChI is InChI=1S/C10H12Cl2O3/c1-15-9-4-6(12)2-3-7(9)10(14)8(13)5-11/h2-4,8,10,13-14H,5H2,1H3. The van der Waals surface area contributed by atoms with Crippen molar-refractivity contribution in [2.45, 2.75) is 12.2 Å². The van der Waals surface area contributed by atoms with E-state index in [0.717, 1.165) is 0 Å². The molecule has 2 atom stereocenters. The summed E-state index contributed by atoms with van der Waals surface area (Å²) >= 11 is 11.2. The van der Waals surface area contributed by atoms with Crippen LogP contribution in [0.4, 0.5) is 0 Å². The van der Waals surface area contributed by atoms with Crippen LogP contribution < -0.4 is 4.74 Å². The maximum absolute atomic E-state index is 9.73. The summed E-state index contributed by atoms with van der Waals surface area (Å²) in [4.78, 5) is 0. The van der Waals surface area contributed by atoms with E-state index < -0.39 is 12.2 Å². The average Bonchev–Trinajstić information content (AvgIpc) is 2.26. The van der Waals surface area contributed by atoms with E-state index in [1.807, 2.05) is 0 Å². The molecule has 0 saturated carbocycles. The number of aliphatic hydroxyl groups excluding tert-OH is 2.